The molecule has 0 aromatic rings. The minimum Gasteiger partial charge on any atom is -0.306 e. The van der Waals surface area contributed by atoms with Crippen LogP contribution in [-0.4, -0.2) is 18.4 Å². The van der Waals surface area contributed by atoms with Gasteiger partial charge in [0.25, 0.3) is 0 Å². The summed E-state index contributed by atoms with van der Waals surface area (Å²) in [5, 5.41) is 3.35. The molecule has 0 radical (unpaired) electrons. The van der Waals surface area contributed by atoms with Crippen LogP contribution in [0.4, 0.5) is 0 Å². The molecule has 2 aliphatic rings. The summed E-state index contributed by atoms with van der Waals surface area (Å²) in [4.78, 5) is 11.1. The Balaban J connectivity index is 1.87. The molecule has 0 amide bonds. The molecule has 2 fully saturated rings. The van der Waals surface area contributed by atoms with Gasteiger partial charge in [0.05, 0.1) is 6.54 Å². The molecule has 1 saturated heterocycles. The first-order valence-corrected chi connectivity index (χ1v) is 5.61. The Labute approximate surface area is 80.1 Å². The summed E-state index contributed by atoms with van der Waals surface area (Å²) in [5.74, 6) is 1.20. The van der Waals surface area contributed by atoms with Crippen molar-refractivity contribution in [2.24, 2.45) is 5.92 Å². The average molecular weight is 181 g/mol. The van der Waals surface area contributed by atoms with Gasteiger partial charge in [0.15, 0.2) is 0 Å². The fourth-order valence-corrected chi connectivity index (χ4v) is 2.68. The lowest BCUT2D eigenvalue weighted by Crippen LogP contribution is -2.30. The molecule has 1 heterocycles. The van der Waals surface area contributed by atoms with Crippen LogP contribution in [0.1, 0.15) is 44.9 Å². The molecule has 0 aromatic heterocycles. The molecule has 2 nitrogen and oxygen atoms in total. The van der Waals surface area contributed by atoms with Gasteiger partial charge in [0.1, 0.15) is 5.78 Å². The van der Waals surface area contributed by atoms with Gasteiger partial charge < -0.3 is 5.32 Å². The molecule has 2 heteroatoms. The molecule has 1 aliphatic heterocycles. The van der Waals surface area contributed by atoms with Crippen molar-refractivity contribution in [3.63, 3.8) is 0 Å². The van der Waals surface area contributed by atoms with Crippen LogP contribution in [0.25, 0.3) is 0 Å². The third-order valence-corrected chi connectivity index (χ3v) is 3.48. The van der Waals surface area contributed by atoms with Crippen LogP contribution < -0.4 is 5.32 Å². The zero-order valence-corrected chi connectivity index (χ0v) is 8.22. The van der Waals surface area contributed by atoms with Gasteiger partial charge in [0, 0.05) is 12.5 Å². The van der Waals surface area contributed by atoms with Gasteiger partial charge in [-0.05, 0) is 18.8 Å². The van der Waals surface area contributed by atoms with Crippen molar-refractivity contribution in [3.8, 4) is 0 Å². The van der Waals surface area contributed by atoms with Crippen LogP contribution in [0.2, 0.25) is 0 Å². The molecule has 13 heavy (non-hydrogen) atoms. The van der Waals surface area contributed by atoms with Crippen molar-refractivity contribution in [2.75, 3.05) is 6.54 Å². The van der Waals surface area contributed by atoms with Gasteiger partial charge >= 0.3 is 0 Å². The SMILES string of the molecule is O=C1CNC(C2CCCCCC2)C1. The summed E-state index contributed by atoms with van der Waals surface area (Å²) in [7, 11) is 0. The van der Waals surface area contributed by atoms with E-state index in [-0.39, 0.29) is 0 Å². The van der Waals surface area contributed by atoms with Crippen molar-refractivity contribution in [3.05, 3.63) is 0 Å². The van der Waals surface area contributed by atoms with E-state index in [0.717, 1.165) is 12.3 Å². The first kappa shape index (κ1) is 9.20. The highest BCUT2D eigenvalue weighted by atomic mass is 16.1. The molecule has 1 unspecified atom stereocenters. The zero-order chi connectivity index (χ0) is 9.10. The molecule has 1 N–H and O–H groups in total. The molecule has 0 bridgehead atoms. The largest absolute Gasteiger partial charge is 0.306 e. The molecule has 1 saturated carbocycles. The van der Waals surface area contributed by atoms with Crippen LogP contribution in [0.15, 0.2) is 0 Å². The third kappa shape index (κ3) is 2.31. The van der Waals surface area contributed by atoms with Crippen molar-refractivity contribution in [1.82, 2.24) is 5.32 Å². The van der Waals surface area contributed by atoms with Crippen LogP contribution in [-0.2, 0) is 4.79 Å². The van der Waals surface area contributed by atoms with Crippen molar-refractivity contribution in [1.29, 1.82) is 0 Å². The van der Waals surface area contributed by atoms with Gasteiger partial charge in [-0.25, -0.2) is 0 Å². The third-order valence-electron chi connectivity index (χ3n) is 3.48. The smallest absolute Gasteiger partial charge is 0.148 e. The fourth-order valence-electron chi connectivity index (χ4n) is 2.68. The van der Waals surface area contributed by atoms with E-state index in [1.54, 1.807) is 0 Å². The van der Waals surface area contributed by atoms with Crippen LogP contribution >= 0.6 is 0 Å². The van der Waals surface area contributed by atoms with Gasteiger partial charge in [-0.1, -0.05) is 25.7 Å². The number of nitrogens with one attached hydrogen (secondary N) is 1. The Hall–Kier alpha value is -0.370. The van der Waals surface area contributed by atoms with E-state index in [1.165, 1.54) is 38.5 Å². The number of carbonyl (C=O) groups excluding carboxylic acids is 1. The normalized spacial score (nSPS) is 32.0. The Morgan fingerprint density at radius 3 is 2.31 bits per heavy atom. The fraction of sp³-hybridized carbons (Fsp3) is 0.909. The lowest BCUT2D eigenvalue weighted by Gasteiger charge is -2.20. The summed E-state index contributed by atoms with van der Waals surface area (Å²) in [6.07, 6.45) is 9.02. The van der Waals surface area contributed by atoms with Crippen LogP contribution in [0.5, 0.6) is 0 Å². The highest BCUT2D eigenvalue weighted by Gasteiger charge is 2.28. The van der Waals surface area contributed by atoms with Crippen molar-refractivity contribution >= 4 is 5.78 Å². The molecule has 74 valence electrons. The van der Waals surface area contributed by atoms with Gasteiger partial charge in [-0.15, -0.1) is 0 Å². The molecular formula is C11H19NO. The molecule has 0 spiro atoms. The lowest BCUT2D eigenvalue weighted by molar-refractivity contribution is -0.116. The summed E-state index contributed by atoms with van der Waals surface area (Å²) >= 11 is 0. The maximum absolute atomic E-state index is 11.1. The van der Waals surface area contributed by atoms with E-state index in [2.05, 4.69) is 5.32 Å². The Morgan fingerprint density at radius 1 is 1.08 bits per heavy atom. The minimum absolute atomic E-state index is 0.411. The second-order valence-electron chi connectivity index (χ2n) is 4.48. The number of Topliss-reactive ketones (excluding diaryl/α,β-unsaturated/α-hetero) is 1. The summed E-state index contributed by atoms with van der Waals surface area (Å²) in [5.41, 5.74) is 0. The van der Waals surface area contributed by atoms with Gasteiger partial charge in [-0.3, -0.25) is 4.79 Å². The number of hydrogen-bond acceptors (Lipinski definition) is 2. The summed E-state index contributed by atoms with van der Waals surface area (Å²) < 4.78 is 0. The van der Waals surface area contributed by atoms with Gasteiger partial charge in [0.2, 0.25) is 0 Å². The molecule has 0 aromatic carbocycles. The number of ketones is 1. The van der Waals surface area contributed by atoms with E-state index in [4.69, 9.17) is 0 Å². The van der Waals surface area contributed by atoms with Gasteiger partial charge in [-0.2, -0.15) is 0 Å². The molecular weight excluding hydrogens is 162 g/mol. The lowest BCUT2D eigenvalue weighted by atomic mass is 9.91. The van der Waals surface area contributed by atoms with Crippen LogP contribution in [0.3, 0.4) is 0 Å². The quantitative estimate of drug-likeness (QED) is 0.626. The Kier molecular flexibility index (Phi) is 2.99. The average Bonchev–Trinajstić information content (AvgIpc) is 2.43. The maximum Gasteiger partial charge on any atom is 0.148 e. The minimum atomic E-state index is 0.411. The predicted octanol–water partition coefficient (Wildman–Crippen LogP) is 1.89. The van der Waals surface area contributed by atoms with Crippen LogP contribution in [0, 0.1) is 5.92 Å². The second-order valence-corrected chi connectivity index (χ2v) is 4.48. The second kappa shape index (κ2) is 4.23. The van der Waals surface area contributed by atoms with E-state index >= 15 is 0 Å². The number of rotatable bonds is 1. The summed E-state index contributed by atoms with van der Waals surface area (Å²) in [6, 6.07) is 0.519. The number of hydrogen-bond donors (Lipinski definition) is 1. The highest BCUT2D eigenvalue weighted by Crippen LogP contribution is 2.28. The van der Waals surface area contributed by atoms with E-state index in [9.17, 15) is 4.79 Å². The Bertz CT molecular complexity index is 183. The predicted molar refractivity (Wildman–Crippen MR) is 52.6 cm³/mol. The van der Waals surface area contributed by atoms with Crippen molar-refractivity contribution < 1.29 is 4.79 Å². The molecule has 1 atom stereocenters. The van der Waals surface area contributed by atoms with E-state index in [1.807, 2.05) is 0 Å². The zero-order valence-electron chi connectivity index (χ0n) is 8.22. The summed E-state index contributed by atoms with van der Waals surface area (Å²) in [6.45, 7) is 0.626. The number of carbonyl (C=O) groups is 1. The Morgan fingerprint density at radius 2 is 1.77 bits per heavy atom. The van der Waals surface area contributed by atoms with E-state index < -0.39 is 0 Å². The monoisotopic (exact) mass is 181 g/mol. The van der Waals surface area contributed by atoms with E-state index in [0.29, 0.717) is 18.4 Å². The van der Waals surface area contributed by atoms with Crippen molar-refractivity contribution in [2.45, 2.75) is 51.0 Å². The first-order valence-electron chi connectivity index (χ1n) is 5.61. The first-order chi connectivity index (χ1) is 6.36. The highest BCUT2D eigenvalue weighted by molar-refractivity contribution is 5.83. The topological polar surface area (TPSA) is 29.1 Å². The maximum atomic E-state index is 11.1. The standard InChI is InChI=1S/C11H19NO/c13-10-7-11(12-8-10)9-5-3-1-2-4-6-9/h9,11-12H,1-8H2. The molecule has 2 rings (SSSR count). The molecule has 1 aliphatic carbocycles.